The van der Waals surface area contributed by atoms with Crippen LogP contribution in [0.25, 0.3) is 10.2 Å². The summed E-state index contributed by atoms with van der Waals surface area (Å²) >= 11 is 1.62. The molecular formula is C19H24FN3O2S. The molecule has 5 nitrogen and oxygen atoms in total. The Balaban J connectivity index is 1.40. The molecule has 1 aromatic carbocycles. The monoisotopic (exact) mass is 377 g/mol. The number of carbonyl (C=O) groups excluding carboxylic acids is 1. The second-order valence-corrected chi connectivity index (χ2v) is 8.17. The molecule has 2 heterocycles. The van der Waals surface area contributed by atoms with Gasteiger partial charge in [-0.1, -0.05) is 17.4 Å². The molecule has 2 aromatic rings. The molecule has 1 N–H and O–H groups in total. The zero-order valence-corrected chi connectivity index (χ0v) is 15.8. The van der Waals surface area contributed by atoms with Crippen molar-refractivity contribution in [3.63, 3.8) is 0 Å². The van der Waals surface area contributed by atoms with Gasteiger partial charge in [-0.2, -0.15) is 0 Å². The zero-order chi connectivity index (χ0) is 18.1. The van der Waals surface area contributed by atoms with E-state index in [0.717, 1.165) is 33.9 Å². The topological polar surface area (TPSA) is 54.5 Å². The molecule has 1 aliphatic carbocycles. The molecule has 0 atom stereocenters. The Kier molecular flexibility index (Phi) is 4.73. The standard InChI is InChI=1S/C19H24FN3O2S/c1-2-25-14-4-3-5-15-16(14)22-18(26-15)23-10-8-19(20,9-11-23)12-21-17(24)13-6-7-13/h3-5,13H,2,6-12H2,1H3,(H,21,24). The molecule has 4 rings (SSSR count). The minimum absolute atomic E-state index is 0.0130. The van der Waals surface area contributed by atoms with Crippen molar-refractivity contribution in [3.8, 4) is 5.75 Å². The SMILES string of the molecule is CCOc1cccc2sc(N3CCC(F)(CNC(=O)C4CC4)CC3)nc12. The number of fused-ring (bicyclic) bond motifs is 1. The van der Waals surface area contributed by atoms with E-state index in [2.05, 4.69) is 10.2 Å². The van der Waals surface area contributed by atoms with Crippen molar-refractivity contribution in [2.45, 2.75) is 38.3 Å². The third-order valence-electron chi connectivity index (χ3n) is 5.13. The van der Waals surface area contributed by atoms with E-state index in [9.17, 15) is 9.18 Å². The van der Waals surface area contributed by atoms with Crippen LogP contribution in [0.3, 0.4) is 0 Å². The number of ether oxygens (including phenoxy) is 1. The molecule has 0 spiro atoms. The number of hydrogen-bond donors (Lipinski definition) is 1. The number of hydrogen-bond acceptors (Lipinski definition) is 5. The maximum Gasteiger partial charge on any atom is 0.223 e. The van der Waals surface area contributed by atoms with E-state index in [4.69, 9.17) is 9.72 Å². The predicted molar refractivity (Wildman–Crippen MR) is 102 cm³/mol. The van der Waals surface area contributed by atoms with Crippen LogP contribution in [0.1, 0.15) is 32.6 Å². The Bertz CT molecular complexity index is 797. The molecular weight excluding hydrogens is 353 g/mol. The molecule has 2 aliphatic rings. The first-order chi connectivity index (χ1) is 12.6. The number of nitrogens with zero attached hydrogens (tertiary/aromatic N) is 2. The molecule has 1 aliphatic heterocycles. The molecule has 7 heteroatoms. The van der Waals surface area contributed by atoms with Crippen LogP contribution >= 0.6 is 11.3 Å². The first kappa shape index (κ1) is 17.5. The molecule has 1 amide bonds. The highest BCUT2D eigenvalue weighted by atomic mass is 32.1. The number of benzene rings is 1. The fourth-order valence-electron chi connectivity index (χ4n) is 3.33. The van der Waals surface area contributed by atoms with Crippen molar-refractivity contribution >= 4 is 32.6 Å². The third kappa shape index (κ3) is 3.63. The van der Waals surface area contributed by atoms with Gasteiger partial charge < -0.3 is 15.0 Å². The van der Waals surface area contributed by atoms with Crippen LogP contribution in [0, 0.1) is 5.92 Å². The number of rotatable bonds is 6. The molecule has 0 radical (unpaired) electrons. The van der Waals surface area contributed by atoms with Gasteiger partial charge in [0.1, 0.15) is 16.9 Å². The van der Waals surface area contributed by atoms with E-state index < -0.39 is 5.67 Å². The molecule has 1 aromatic heterocycles. The van der Waals surface area contributed by atoms with Crippen molar-refractivity contribution in [2.75, 3.05) is 31.1 Å². The van der Waals surface area contributed by atoms with Gasteiger partial charge in [-0.3, -0.25) is 4.79 Å². The number of nitrogens with one attached hydrogen (secondary N) is 1. The van der Waals surface area contributed by atoms with Crippen molar-refractivity contribution in [3.05, 3.63) is 18.2 Å². The Morgan fingerprint density at radius 1 is 1.42 bits per heavy atom. The summed E-state index contributed by atoms with van der Waals surface area (Å²) in [6.45, 7) is 3.91. The quantitative estimate of drug-likeness (QED) is 0.837. The summed E-state index contributed by atoms with van der Waals surface area (Å²) in [6.07, 6.45) is 2.71. The minimum atomic E-state index is -1.31. The zero-order valence-electron chi connectivity index (χ0n) is 15.0. The molecule has 1 saturated carbocycles. The maximum atomic E-state index is 15.0. The fraction of sp³-hybridized carbons (Fsp3) is 0.579. The summed E-state index contributed by atoms with van der Waals surface area (Å²) in [5.74, 6) is 0.937. The number of aromatic nitrogens is 1. The van der Waals surface area contributed by atoms with Gasteiger partial charge in [0, 0.05) is 31.8 Å². The molecule has 26 heavy (non-hydrogen) atoms. The van der Waals surface area contributed by atoms with E-state index in [1.54, 1.807) is 11.3 Å². The van der Waals surface area contributed by atoms with Crippen molar-refractivity contribution in [2.24, 2.45) is 5.92 Å². The second kappa shape index (κ2) is 7.02. The van der Waals surface area contributed by atoms with Gasteiger partial charge in [-0.15, -0.1) is 0 Å². The molecule has 1 saturated heterocycles. The van der Waals surface area contributed by atoms with E-state index in [0.29, 0.717) is 32.5 Å². The van der Waals surface area contributed by atoms with Crippen LogP contribution in [0.4, 0.5) is 9.52 Å². The van der Waals surface area contributed by atoms with Gasteiger partial charge in [0.2, 0.25) is 5.91 Å². The average molecular weight is 377 g/mol. The number of halogens is 1. The van der Waals surface area contributed by atoms with Gasteiger partial charge in [-0.25, -0.2) is 9.37 Å². The highest BCUT2D eigenvalue weighted by molar-refractivity contribution is 7.22. The van der Waals surface area contributed by atoms with Crippen molar-refractivity contribution in [1.29, 1.82) is 0 Å². The Morgan fingerprint density at radius 3 is 2.88 bits per heavy atom. The molecule has 0 unspecified atom stereocenters. The van der Waals surface area contributed by atoms with E-state index in [1.165, 1.54) is 0 Å². The predicted octanol–water partition coefficient (Wildman–Crippen LogP) is 3.53. The second-order valence-electron chi connectivity index (χ2n) is 7.16. The number of para-hydroxylation sites is 1. The highest BCUT2D eigenvalue weighted by Crippen LogP contribution is 2.37. The number of piperidine rings is 1. The van der Waals surface area contributed by atoms with Gasteiger partial charge in [0.15, 0.2) is 5.13 Å². The van der Waals surface area contributed by atoms with Crippen LogP contribution in [0.2, 0.25) is 0 Å². The van der Waals surface area contributed by atoms with Crippen LogP contribution in [0.5, 0.6) is 5.75 Å². The largest absolute Gasteiger partial charge is 0.492 e. The maximum absolute atomic E-state index is 15.0. The van der Waals surface area contributed by atoms with Gasteiger partial charge in [0.05, 0.1) is 17.9 Å². The summed E-state index contributed by atoms with van der Waals surface area (Å²) < 4.78 is 21.7. The Labute approximate surface area is 156 Å². The Hall–Kier alpha value is -1.89. The summed E-state index contributed by atoms with van der Waals surface area (Å²) in [4.78, 5) is 18.6. The van der Waals surface area contributed by atoms with Gasteiger partial charge in [0.25, 0.3) is 0 Å². The smallest absolute Gasteiger partial charge is 0.223 e. The summed E-state index contributed by atoms with van der Waals surface area (Å²) in [5.41, 5.74) is -0.433. The lowest BCUT2D eigenvalue weighted by atomic mass is 9.93. The van der Waals surface area contributed by atoms with Crippen molar-refractivity contribution < 1.29 is 13.9 Å². The lowest BCUT2D eigenvalue weighted by Gasteiger charge is -2.36. The number of carbonyl (C=O) groups is 1. The number of anilines is 1. The number of alkyl halides is 1. The summed E-state index contributed by atoms with van der Waals surface area (Å²) in [5, 5.41) is 3.70. The summed E-state index contributed by atoms with van der Waals surface area (Å²) in [7, 11) is 0. The normalized spacial score (nSPS) is 19.5. The number of amides is 1. The highest BCUT2D eigenvalue weighted by Gasteiger charge is 2.37. The van der Waals surface area contributed by atoms with Crippen LogP contribution < -0.4 is 15.0 Å². The molecule has 140 valence electrons. The lowest BCUT2D eigenvalue weighted by Crippen LogP contribution is -2.48. The molecule has 0 bridgehead atoms. The lowest BCUT2D eigenvalue weighted by molar-refractivity contribution is -0.123. The first-order valence-electron chi connectivity index (χ1n) is 9.32. The van der Waals surface area contributed by atoms with Crippen LogP contribution in [-0.4, -0.2) is 42.8 Å². The molecule has 2 fully saturated rings. The van der Waals surface area contributed by atoms with Crippen LogP contribution in [0.15, 0.2) is 18.2 Å². The van der Waals surface area contributed by atoms with Gasteiger partial charge >= 0.3 is 0 Å². The minimum Gasteiger partial charge on any atom is -0.492 e. The third-order valence-corrected chi connectivity index (χ3v) is 6.21. The van der Waals surface area contributed by atoms with Crippen molar-refractivity contribution in [1.82, 2.24) is 10.3 Å². The number of thiazole rings is 1. The Morgan fingerprint density at radius 2 is 2.19 bits per heavy atom. The van der Waals surface area contributed by atoms with Crippen LogP contribution in [-0.2, 0) is 4.79 Å². The fourth-order valence-corrected chi connectivity index (χ4v) is 4.36. The van der Waals surface area contributed by atoms with E-state index in [-0.39, 0.29) is 18.4 Å². The van der Waals surface area contributed by atoms with E-state index in [1.807, 2.05) is 25.1 Å². The van der Waals surface area contributed by atoms with Gasteiger partial charge in [-0.05, 0) is 31.9 Å². The average Bonchev–Trinajstić information content (AvgIpc) is 3.40. The van der Waals surface area contributed by atoms with E-state index >= 15 is 0 Å². The summed E-state index contributed by atoms with van der Waals surface area (Å²) in [6, 6.07) is 5.94. The first-order valence-corrected chi connectivity index (χ1v) is 10.1.